The average Bonchev–Trinajstić information content (AvgIpc) is 2.94. The standard InChI is InChI=1S/C19H16BrNO3S2/c1-23-15-10-13(11-16-18(22)21-19(25)26-16)9-14(20)17(15)24-8-7-12-5-3-2-4-6-12/h2-6,9-11H,7-8H2,1H3,(H,21,22,25)/b16-11-. The molecule has 0 aromatic heterocycles. The molecule has 1 fully saturated rings. The number of amides is 1. The fraction of sp³-hybridized carbons (Fsp3) is 0.158. The second-order valence-corrected chi connectivity index (χ2v) is 8.04. The number of methoxy groups -OCH3 is 1. The second-order valence-electron chi connectivity index (χ2n) is 5.47. The average molecular weight is 450 g/mol. The van der Waals surface area contributed by atoms with Crippen molar-refractivity contribution in [1.82, 2.24) is 5.32 Å². The summed E-state index contributed by atoms with van der Waals surface area (Å²) in [5.41, 5.74) is 2.04. The smallest absolute Gasteiger partial charge is 0.263 e. The lowest BCUT2D eigenvalue weighted by Crippen LogP contribution is -2.17. The number of carbonyl (C=O) groups excluding carboxylic acids is 1. The van der Waals surface area contributed by atoms with E-state index in [1.807, 2.05) is 30.3 Å². The van der Waals surface area contributed by atoms with Gasteiger partial charge in [0.15, 0.2) is 11.5 Å². The summed E-state index contributed by atoms with van der Waals surface area (Å²) in [4.78, 5) is 12.4. The molecule has 4 nitrogen and oxygen atoms in total. The number of halogens is 1. The van der Waals surface area contributed by atoms with Crippen molar-refractivity contribution in [3.8, 4) is 11.5 Å². The maximum atomic E-state index is 11.8. The largest absolute Gasteiger partial charge is 0.493 e. The first-order valence-electron chi connectivity index (χ1n) is 7.86. The van der Waals surface area contributed by atoms with Gasteiger partial charge in [0.1, 0.15) is 4.32 Å². The first-order chi connectivity index (χ1) is 12.6. The van der Waals surface area contributed by atoms with Gasteiger partial charge in [-0.1, -0.05) is 54.3 Å². The molecule has 1 heterocycles. The highest BCUT2D eigenvalue weighted by Gasteiger charge is 2.22. The number of thiocarbonyl (C=S) groups is 1. The molecule has 0 spiro atoms. The normalized spacial score (nSPS) is 15.2. The van der Waals surface area contributed by atoms with E-state index < -0.39 is 0 Å². The van der Waals surface area contributed by atoms with Crippen LogP contribution in [0.1, 0.15) is 11.1 Å². The number of hydrogen-bond acceptors (Lipinski definition) is 5. The summed E-state index contributed by atoms with van der Waals surface area (Å²) in [5.74, 6) is 1.06. The van der Waals surface area contributed by atoms with Gasteiger partial charge in [-0.2, -0.15) is 0 Å². The Hall–Kier alpha value is -1.83. The molecule has 0 bridgehead atoms. The van der Waals surface area contributed by atoms with E-state index in [0.717, 1.165) is 16.5 Å². The lowest BCUT2D eigenvalue weighted by molar-refractivity contribution is -0.115. The van der Waals surface area contributed by atoms with Crippen LogP contribution in [-0.2, 0) is 11.2 Å². The molecule has 0 aliphatic carbocycles. The molecule has 2 aromatic carbocycles. The third-order valence-corrected chi connectivity index (χ3v) is 5.42. The predicted molar refractivity (Wildman–Crippen MR) is 113 cm³/mol. The minimum atomic E-state index is -0.182. The Balaban J connectivity index is 1.76. The van der Waals surface area contributed by atoms with Gasteiger partial charge in [-0.25, -0.2) is 0 Å². The van der Waals surface area contributed by atoms with Crippen LogP contribution in [-0.4, -0.2) is 23.9 Å². The van der Waals surface area contributed by atoms with Crippen LogP contribution in [0.2, 0.25) is 0 Å². The molecular formula is C19H16BrNO3S2. The van der Waals surface area contributed by atoms with Crippen molar-refractivity contribution in [2.24, 2.45) is 0 Å². The molecule has 1 saturated heterocycles. The molecule has 134 valence electrons. The van der Waals surface area contributed by atoms with Crippen LogP contribution >= 0.6 is 39.9 Å². The Morgan fingerprint density at radius 3 is 2.69 bits per heavy atom. The molecule has 3 rings (SSSR count). The minimum Gasteiger partial charge on any atom is -0.493 e. The first-order valence-corrected chi connectivity index (χ1v) is 9.87. The molecule has 7 heteroatoms. The molecule has 2 aromatic rings. The van der Waals surface area contributed by atoms with E-state index in [1.54, 1.807) is 13.2 Å². The number of carbonyl (C=O) groups is 1. The van der Waals surface area contributed by atoms with Gasteiger partial charge < -0.3 is 14.8 Å². The van der Waals surface area contributed by atoms with Crippen molar-refractivity contribution in [2.45, 2.75) is 6.42 Å². The molecule has 0 saturated carbocycles. The van der Waals surface area contributed by atoms with Gasteiger partial charge in [0, 0.05) is 6.42 Å². The van der Waals surface area contributed by atoms with E-state index >= 15 is 0 Å². The zero-order chi connectivity index (χ0) is 18.5. The Morgan fingerprint density at radius 2 is 2.04 bits per heavy atom. The van der Waals surface area contributed by atoms with Crippen LogP contribution in [0.4, 0.5) is 0 Å². The molecule has 0 unspecified atom stereocenters. The molecule has 26 heavy (non-hydrogen) atoms. The Labute approximate surface area is 170 Å². The van der Waals surface area contributed by atoms with Crippen molar-refractivity contribution in [1.29, 1.82) is 0 Å². The van der Waals surface area contributed by atoms with Crippen molar-refractivity contribution in [2.75, 3.05) is 13.7 Å². The van der Waals surface area contributed by atoms with E-state index in [1.165, 1.54) is 17.3 Å². The van der Waals surface area contributed by atoms with Gasteiger partial charge in [-0.05, 0) is 45.3 Å². The Morgan fingerprint density at radius 1 is 1.27 bits per heavy atom. The SMILES string of the molecule is COc1cc(/C=C2\SC(=S)NC2=O)cc(Br)c1OCCc1ccccc1. The maximum Gasteiger partial charge on any atom is 0.263 e. The first kappa shape index (κ1) is 18.9. The van der Waals surface area contributed by atoms with E-state index in [0.29, 0.717) is 27.3 Å². The summed E-state index contributed by atoms with van der Waals surface area (Å²) in [7, 11) is 1.59. The minimum absolute atomic E-state index is 0.182. The maximum absolute atomic E-state index is 11.8. The zero-order valence-electron chi connectivity index (χ0n) is 14.0. The third kappa shape index (κ3) is 4.66. The van der Waals surface area contributed by atoms with Crippen LogP contribution < -0.4 is 14.8 Å². The molecule has 1 aliphatic heterocycles. The van der Waals surface area contributed by atoms with Crippen molar-refractivity contribution in [3.63, 3.8) is 0 Å². The third-order valence-electron chi connectivity index (χ3n) is 3.67. The summed E-state index contributed by atoms with van der Waals surface area (Å²) in [6, 6.07) is 13.9. The van der Waals surface area contributed by atoms with Crippen LogP contribution in [0, 0.1) is 0 Å². The summed E-state index contributed by atoms with van der Waals surface area (Å²) >= 11 is 9.79. The molecule has 0 radical (unpaired) electrons. The van der Waals surface area contributed by atoms with E-state index in [4.69, 9.17) is 21.7 Å². The number of benzene rings is 2. The van der Waals surface area contributed by atoms with Crippen LogP contribution in [0.15, 0.2) is 51.8 Å². The predicted octanol–water partition coefficient (Wildman–Crippen LogP) is 4.57. The van der Waals surface area contributed by atoms with Gasteiger partial charge in [-0.15, -0.1) is 0 Å². The fourth-order valence-corrected chi connectivity index (χ4v) is 4.07. The zero-order valence-corrected chi connectivity index (χ0v) is 17.2. The van der Waals surface area contributed by atoms with Crippen LogP contribution in [0.5, 0.6) is 11.5 Å². The number of rotatable bonds is 6. The highest BCUT2D eigenvalue weighted by molar-refractivity contribution is 9.10. The molecule has 1 amide bonds. The summed E-state index contributed by atoms with van der Waals surface area (Å²) in [6.45, 7) is 0.534. The van der Waals surface area contributed by atoms with Gasteiger partial charge in [0.05, 0.1) is 23.1 Å². The van der Waals surface area contributed by atoms with Gasteiger partial charge >= 0.3 is 0 Å². The van der Waals surface area contributed by atoms with Crippen molar-refractivity contribution >= 4 is 56.2 Å². The second kappa shape index (κ2) is 8.70. The van der Waals surface area contributed by atoms with E-state index in [-0.39, 0.29) is 5.91 Å². The van der Waals surface area contributed by atoms with Gasteiger partial charge in [0.2, 0.25) is 0 Å². The number of ether oxygens (including phenoxy) is 2. The van der Waals surface area contributed by atoms with E-state index in [9.17, 15) is 4.79 Å². The highest BCUT2D eigenvalue weighted by atomic mass is 79.9. The van der Waals surface area contributed by atoms with Gasteiger partial charge in [-0.3, -0.25) is 4.79 Å². The number of nitrogens with one attached hydrogen (secondary N) is 1. The summed E-state index contributed by atoms with van der Waals surface area (Å²) in [6.07, 6.45) is 2.58. The monoisotopic (exact) mass is 449 g/mol. The molecular weight excluding hydrogens is 434 g/mol. The van der Waals surface area contributed by atoms with Gasteiger partial charge in [0.25, 0.3) is 5.91 Å². The summed E-state index contributed by atoms with van der Waals surface area (Å²) < 4.78 is 12.6. The lowest BCUT2D eigenvalue weighted by Gasteiger charge is -2.14. The van der Waals surface area contributed by atoms with Crippen LogP contribution in [0.3, 0.4) is 0 Å². The fourth-order valence-electron chi connectivity index (χ4n) is 2.45. The topological polar surface area (TPSA) is 47.6 Å². The number of hydrogen-bond donors (Lipinski definition) is 1. The quantitative estimate of drug-likeness (QED) is 0.516. The molecule has 1 N–H and O–H groups in total. The Bertz CT molecular complexity index is 869. The number of thioether (sulfide) groups is 1. The van der Waals surface area contributed by atoms with E-state index in [2.05, 4.69) is 33.4 Å². The van der Waals surface area contributed by atoms with Crippen LogP contribution in [0.25, 0.3) is 6.08 Å². The Kier molecular flexibility index (Phi) is 6.34. The highest BCUT2D eigenvalue weighted by Crippen LogP contribution is 2.38. The molecule has 1 aliphatic rings. The van der Waals surface area contributed by atoms with Crippen molar-refractivity contribution < 1.29 is 14.3 Å². The van der Waals surface area contributed by atoms with Crippen molar-refractivity contribution in [3.05, 3.63) is 63.0 Å². The lowest BCUT2D eigenvalue weighted by atomic mass is 10.1. The molecule has 0 atom stereocenters. The summed E-state index contributed by atoms with van der Waals surface area (Å²) in [5, 5.41) is 2.60.